The lowest BCUT2D eigenvalue weighted by atomic mass is 10.1. The third-order valence-electron chi connectivity index (χ3n) is 1.78. The highest BCUT2D eigenvalue weighted by Gasteiger charge is 1.95. The van der Waals surface area contributed by atoms with Crippen LogP contribution in [-0.4, -0.2) is 11.7 Å². The van der Waals surface area contributed by atoms with Crippen LogP contribution in [0.15, 0.2) is 29.4 Å². The zero-order valence-corrected chi connectivity index (χ0v) is 8.22. The first-order valence-electron chi connectivity index (χ1n) is 4.57. The maximum absolute atomic E-state index is 8.59. The Bertz CT molecular complexity index is 425. The van der Waals surface area contributed by atoms with Crippen molar-refractivity contribution in [2.75, 3.05) is 6.61 Å². The molecule has 0 amide bonds. The molecule has 0 aliphatic carbocycles. The Balaban J connectivity index is 2.87. The summed E-state index contributed by atoms with van der Waals surface area (Å²) in [5, 5.41) is 12.1. The minimum Gasteiger partial charge on any atom is -0.395 e. The second-order valence-corrected chi connectivity index (χ2v) is 2.82. The highest BCUT2D eigenvalue weighted by molar-refractivity contribution is 5.41. The summed E-state index contributed by atoms with van der Waals surface area (Å²) in [6, 6.07) is 7.49. The molecule has 76 valence electrons. The Labute approximate surface area is 88.2 Å². The molecule has 1 rings (SSSR count). The van der Waals surface area contributed by atoms with Crippen LogP contribution in [0.3, 0.4) is 0 Å². The van der Waals surface area contributed by atoms with Crippen molar-refractivity contribution < 1.29 is 5.11 Å². The van der Waals surface area contributed by atoms with Crippen molar-refractivity contribution in [3.05, 3.63) is 45.8 Å². The highest BCUT2D eigenvalue weighted by Crippen LogP contribution is 2.08. The van der Waals surface area contributed by atoms with Crippen molar-refractivity contribution in [3.8, 4) is 11.8 Å². The van der Waals surface area contributed by atoms with E-state index in [0.717, 1.165) is 11.1 Å². The Kier molecular flexibility index (Phi) is 4.82. The van der Waals surface area contributed by atoms with Gasteiger partial charge in [-0.05, 0) is 17.2 Å². The van der Waals surface area contributed by atoms with E-state index in [-0.39, 0.29) is 6.61 Å². The molecule has 0 saturated carbocycles. The fourth-order valence-corrected chi connectivity index (χ4v) is 1.10. The summed E-state index contributed by atoms with van der Waals surface area (Å²) in [4.78, 5) is 2.71. The van der Waals surface area contributed by atoms with Crippen LogP contribution < -0.4 is 0 Å². The topological polar surface area (TPSA) is 69.0 Å². The van der Waals surface area contributed by atoms with Crippen molar-refractivity contribution >= 4 is 0 Å². The van der Waals surface area contributed by atoms with Crippen molar-refractivity contribution in [1.29, 1.82) is 0 Å². The van der Waals surface area contributed by atoms with Crippen LogP contribution in [0.4, 0.5) is 0 Å². The van der Waals surface area contributed by atoms with E-state index in [9.17, 15) is 0 Å². The largest absolute Gasteiger partial charge is 0.395 e. The Morgan fingerprint density at radius 3 is 2.93 bits per heavy atom. The molecule has 0 bridgehead atoms. The van der Waals surface area contributed by atoms with Gasteiger partial charge in [0.25, 0.3) is 0 Å². The second kappa shape index (κ2) is 6.50. The molecule has 0 spiro atoms. The van der Waals surface area contributed by atoms with E-state index in [1.54, 1.807) is 0 Å². The first kappa shape index (κ1) is 11.1. The molecule has 1 aromatic rings. The molecule has 1 aromatic carbocycles. The van der Waals surface area contributed by atoms with E-state index < -0.39 is 0 Å². The van der Waals surface area contributed by atoms with Crippen LogP contribution in [0.1, 0.15) is 17.5 Å². The summed E-state index contributed by atoms with van der Waals surface area (Å²) in [6.07, 6.45) is 0.454. The van der Waals surface area contributed by atoms with Gasteiger partial charge >= 0.3 is 0 Å². The van der Waals surface area contributed by atoms with Gasteiger partial charge in [-0.1, -0.05) is 35.2 Å². The third-order valence-corrected chi connectivity index (χ3v) is 1.78. The van der Waals surface area contributed by atoms with Crippen LogP contribution in [0, 0.1) is 11.8 Å². The van der Waals surface area contributed by atoms with E-state index in [1.807, 2.05) is 24.3 Å². The normalized spacial score (nSPS) is 8.60. The predicted molar refractivity (Wildman–Crippen MR) is 57.9 cm³/mol. The second-order valence-electron chi connectivity index (χ2n) is 2.82. The Morgan fingerprint density at radius 1 is 1.40 bits per heavy atom. The van der Waals surface area contributed by atoms with Crippen LogP contribution >= 0.6 is 0 Å². The standard InChI is InChI=1S/C11H11N3O/c12-14-13-9-11-7-2-1-5-10(11)6-3-4-8-15/h1-2,5,7,15H,4,8-9H2. The van der Waals surface area contributed by atoms with E-state index in [1.165, 1.54) is 0 Å². The molecule has 0 radical (unpaired) electrons. The van der Waals surface area contributed by atoms with Gasteiger partial charge in [0.1, 0.15) is 0 Å². The molecule has 15 heavy (non-hydrogen) atoms. The van der Waals surface area contributed by atoms with E-state index >= 15 is 0 Å². The van der Waals surface area contributed by atoms with E-state index in [4.69, 9.17) is 10.6 Å². The van der Waals surface area contributed by atoms with Gasteiger partial charge in [-0.2, -0.15) is 0 Å². The number of nitrogens with zero attached hydrogens (tertiary/aromatic N) is 3. The number of azide groups is 1. The van der Waals surface area contributed by atoms with Crippen molar-refractivity contribution in [2.24, 2.45) is 5.11 Å². The van der Waals surface area contributed by atoms with E-state index in [2.05, 4.69) is 21.9 Å². The fraction of sp³-hybridized carbons (Fsp3) is 0.273. The predicted octanol–water partition coefficient (Wildman–Crippen LogP) is 2.23. The molecule has 0 fully saturated rings. The van der Waals surface area contributed by atoms with Crippen molar-refractivity contribution in [2.45, 2.75) is 13.0 Å². The summed E-state index contributed by atoms with van der Waals surface area (Å²) in [5.74, 6) is 5.76. The third kappa shape index (κ3) is 3.74. The van der Waals surface area contributed by atoms with Gasteiger partial charge in [0, 0.05) is 16.9 Å². The molecule has 0 aromatic heterocycles. The average molecular weight is 201 g/mol. The molecule has 0 aliphatic heterocycles. The Hall–Kier alpha value is -1.95. The lowest BCUT2D eigenvalue weighted by Crippen LogP contribution is -1.87. The number of hydrogen-bond donors (Lipinski definition) is 1. The monoisotopic (exact) mass is 201 g/mol. The van der Waals surface area contributed by atoms with Crippen LogP contribution in [0.5, 0.6) is 0 Å². The zero-order chi connectivity index (χ0) is 10.9. The minimum atomic E-state index is 0.0610. The highest BCUT2D eigenvalue weighted by atomic mass is 16.2. The van der Waals surface area contributed by atoms with Gasteiger partial charge < -0.3 is 5.11 Å². The summed E-state index contributed by atoms with van der Waals surface area (Å²) in [5.41, 5.74) is 9.97. The number of hydrogen-bond acceptors (Lipinski definition) is 2. The summed E-state index contributed by atoms with van der Waals surface area (Å²) in [6.45, 7) is 0.367. The molecular formula is C11H11N3O. The lowest BCUT2D eigenvalue weighted by Gasteiger charge is -1.98. The molecule has 0 saturated heterocycles. The quantitative estimate of drug-likeness (QED) is 0.346. The van der Waals surface area contributed by atoms with Gasteiger partial charge in [0.2, 0.25) is 0 Å². The maximum atomic E-state index is 8.59. The smallest absolute Gasteiger partial charge is 0.0540 e. The number of aliphatic hydroxyl groups is 1. The first-order chi connectivity index (χ1) is 7.38. The zero-order valence-electron chi connectivity index (χ0n) is 8.22. The van der Waals surface area contributed by atoms with Crippen LogP contribution in [0.2, 0.25) is 0 Å². The summed E-state index contributed by atoms with van der Waals surface area (Å²) >= 11 is 0. The van der Waals surface area contributed by atoms with Crippen molar-refractivity contribution in [3.63, 3.8) is 0 Å². The molecule has 4 heteroatoms. The number of rotatable bonds is 3. The molecule has 0 unspecified atom stereocenters. The summed E-state index contributed by atoms with van der Waals surface area (Å²) in [7, 11) is 0. The van der Waals surface area contributed by atoms with Gasteiger partial charge in [0.15, 0.2) is 0 Å². The molecule has 4 nitrogen and oxygen atoms in total. The van der Waals surface area contributed by atoms with Crippen molar-refractivity contribution in [1.82, 2.24) is 0 Å². The van der Waals surface area contributed by atoms with Gasteiger partial charge in [-0.15, -0.1) is 0 Å². The maximum Gasteiger partial charge on any atom is 0.0540 e. The Morgan fingerprint density at radius 2 is 2.20 bits per heavy atom. The van der Waals surface area contributed by atoms with Gasteiger partial charge in [-0.25, -0.2) is 0 Å². The molecule has 0 aliphatic rings. The average Bonchev–Trinajstić information content (AvgIpc) is 2.28. The van der Waals surface area contributed by atoms with Gasteiger partial charge in [-0.3, -0.25) is 0 Å². The first-order valence-corrected chi connectivity index (χ1v) is 4.57. The fourth-order valence-electron chi connectivity index (χ4n) is 1.10. The number of aliphatic hydroxyl groups excluding tert-OH is 1. The minimum absolute atomic E-state index is 0.0610. The molecule has 1 N–H and O–H groups in total. The summed E-state index contributed by atoms with van der Waals surface area (Å²) < 4.78 is 0. The molecular weight excluding hydrogens is 190 g/mol. The molecule has 0 heterocycles. The van der Waals surface area contributed by atoms with Crippen LogP contribution in [-0.2, 0) is 6.54 Å². The van der Waals surface area contributed by atoms with Gasteiger partial charge in [0.05, 0.1) is 13.2 Å². The van der Waals surface area contributed by atoms with Crippen LogP contribution in [0.25, 0.3) is 10.4 Å². The molecule has 0 atom stereocenters. The van der Waals surface area contributed by atoms with E-state index in [0.29, 0.717) is 13.0 Å². The SMILES string of the molecule is [N-]=[N+]=NCc1ccccc1C#CCCO. The number of benzene rings is 1. The lowest BCUT2D eigenvalue weighted by molar-refractivity contribution is 0.305.